The topological polar surface area (TPSA) is 80.3 Å². The molecule has 0 bridgehead atoms. The molecule has 0 aromatic carbocycles. The van der Waals surface area contributed by atoms with Crippen LogP contribution in [0.4, 0.5) is 22.0 Å². The van der Waals surface area contributed by atoms with Crippen molar-refractivity contribution in [2.24, 2.45) is 0 Å². The number of carbonyl (C=O) groups is 2. The fourth-order valence-electron chi connectivity index (χ4n) is 1.09. The molecule has 13 heteroatoms. The first kappa shape index (κ1) is 23.8. The van der Waals surface area contributed by atoms with Gasteiger partial charge in [-0.2, -0.15) is 22.0 Å². The number of alkyl halides is 6. The van der Waals surface area contributed by atoms with E-state index in [1.807, 2.05) is 0 Å². The van der Waals surface area contributed by atoms with Gasteiger partial charge < -0.3 is 23.7 Å². The summed E-state index contributed by atoms with van der Waals surface area (Å²) in [4.78, 5) is 20.9. The average molecular weight is 403 g/mol. The van der Waals surface area contributed by atoms with Crippen molar-refractivity contribution in [3.8, 4) is 0 Å². The maximum absolute atomic E-state index is 12.2. The third-order valence-corrected chi connectivity index (χ3v) is 2.28. The molecule has 0 aromatic heterocycles. The molecule has 0 heterocycles. The summed E-state index contributed by atoms with van der Waals surface area (Å²) in [7, 11) is 0. The van der Waals surface area contributed by atoms with Crippen molar-refractivity contribution in [3.63, 3.8) is 0 Å². The fraction of sp³-hybridized carbons (Fsp3) is 0.833. The van der Waals surface area contributed by atoms with E-state index < -0.39 is 36.7 Å². The van der Waals surface area contributed by atoms with Gasteiger partial charge >= 0.3 is 23.5 Å². The second kappa shape index (κ2) is 12.2. The number of ether oxygens (including phenoxy) is 5. The standard InChI is InChI=1S/C12H16ClF5O7/c13-11(14,15)9(19)24-7-5-22-3-1-21-2-4-23-6-8-25-10(20)12(16,17)18/h1-8H2. The van der Waals surface area contributed by atoms with Crippen LogP contribution in [0.5, 0.6) is 0 Å². The Labute approximate surface area is 144 Å². The molecule has 0 aliphatic carbocycles. The van der Waals surface area contributed by atoms with Crippen LogP contribution >= 0.6 is 11.6 Å². The zero-order valence-electron chi connectivity index (χ0n) is 12.8. The van der Waals surface area contributed by atoms with Crippen LogP contribution in [0.2, 0.25) is 0 Å². The minimum atomic E-state index is -5.04. The minimum Gasteiger partial charge on any atom is -0.458 e. The summed E-state index contributed by atoms with van der Waals surface area (Å²) < 4.78 is 82.4. The van der Waals surface area contributed by atoms with Crippen molar-refractivity contribution in [2.75, 3.05) is 52.9 Å². The number of carbonyl (C=O) groups excluding carboxylic acids is 2. The Balaban J connectivity index is 3.30. The van der Waals surface area contributed by atoms with Crippen LogP contribution in [0.15, 0.2) is 0 Å². The Morgan fingerprint density at radius 1 is 0.640 bits per heavy atom. The van der Waals surface area contributed by atoms with E-state index in [0.29, 0.717) is 0 Å². The molecule has 0 amide bonds. The molecule has 0 saturated carbocycles. The van der Waals surface area contributed by atoms with E-state index in [0.717, 1.165) is 0 Å². The first-order valence-electron chi connectivity index (χ1n) is 6.76. The van der Waals surface area contributed by atoms with Crippen LogP contribution in [0.1, 0.15) is 0 Å². The number of halogens is 6. The predicted molar refractivity (Wildman–Crippen MR) is 71.2 cm³/mol. The Morgan fingerprint density at radius 3 is 1.28 bits per heavy atom. The first-order valence-corrected chi connectivity index (χ1v) is 7.14. The van der Waals surface area contributed by atoms with E-state index in [4.69, 9.17) is 14.2 Å². The summed E-state index contributed by atoms with van der Waals surface area (Å²) in [5.41, 5.74) is 0. The van der Waals surface area contributed by atoms with E-state index in [2.05, 4.69) is 21.1 Å². The monoisotopic (exact) mass is 402 g/mol. The maximum atomic E-state index is 12.2. The van der Waals surface area contributed by atoms with Crippen molar-refractivity contribution in [2.45, 2.75) is 11.6 Å². The van der Waals surface area contributed by atoms with E-state index in [9.17, 15) is 31.5 Å². The second-order valence-electron chi connectivity index (χ2n) is 4.10. The zero-order chi connectivity index (χ0) is 19.3. The Hall–Kier alpha value is -1.24. The van der Waals surface area contributed by atoms with Crippen LogP contribution in [-0.4, -0.2) is 76.4 Å². The number of esters is 2. The van der Waals surface area contributed by atoms with Gasteiger partial charge in [0.1, 0.15) is 13.2 Å². The molecule has 148 valence electrons. The van der Waals surface area contributed by atoms with Gasteiger partial charge in [-0.25, -0.2) is 9.59 Å². The molecule has 0 aliphatic heterocycles. The highest BCUT2D eigenvalue weighted by molar-refractivity contribution is 6.31. The van der Waals surface area contributed by atoms with Gasteiger partial charge in [-0.15, -0.1) is 0 Å². The Bertz CT molecular complexity index is 364. The third-order valence-electron chi connectivity index (χ3n) is 2.13. The van der Waals surface area contributed by atoms with Gasteiger partial charge in [0, 0.05) is 0 Å². The lowest BCUT2D eigenvalue weighted by atomic mass is 10.6. The predicted octanol–water partition coefficient (Wildman–Crippen LogP) is 1.52. The normalized spacial score (nSPS) is 12.1. The molecule has 25 heavy (non-hydrogen) atoms. The summed E-state index contributed by atoms with van der Waals surface area (Å²) >= 11 is 4.41. The first-order chi connectivity index (χ1) is 11.5. The molecule has 0 aromatic rings. The number of rotatable bonds is 13. The van der Waals surface area contributed by atoms with E-state index in [-0.39, 0.29) is 39.6 Å². The smallest absolute Gasteiger partial charge is 0.458 e. The van der Waals surface area contributed by atoms with Crippen molar-refractivity contribution < 1.29 is 55.2 Å². The molecule has 0 aliphatic rings. The maximum Gasteiger partial charge on any atom is 0.490 e. The second-order valence-corrected chi connectivity index (χ2v) is 4.58. The van der Waals surface area contributed by atoms with Crippen LogP contribution in [0, 0.1) is 0 Å². The molecule has 0 rings (SSSR count). The Morgan fingerprint density at radius 2 is 0.960 bits per heavy atom. The van der Waals surface area contributed by atoms with Gasteiger partial charge in [0.15, 0.2) is 0 Å². The van der Waals surface area contributed by atoms with Crippen molar-refractivity contribution in [3.05, 3.63) is 0 Å². The largest absolute Gasteiger partial charge is 0.490 e. The molecule has 0 atom stereocenters. The van der Waals surface area contributed by atoms with Gasteiger partial charge in [-0.05, 0) is 11.6 Å². The number of hydrogen-bond acceptors (Lipinski definition) is 7. The van der Waals surface area contributed by atoms with Crippen molar-refractivity contribution in [1.29, 1.82) is 0 Å². The molecule has 0 saturated heterocycles. The highest BCUT2D eigenvalue weighted by atomic mass is 35.5. The molecule has 0 radical (unpaired) electrons. The van der Waals surface area contributed by atoms with E-state index >= 15 is 0 Å². The highest BCUT2D eigenvalue weighted by Crippen LogP contribution is 2.20. The molecule has 0 spiro atoms. The van der Waals surface area contributed by atoms with Gasteiger partial charge in [0.25, 0.3) is 0 Å². The van der Waals surface area contributed by atoms with Gasteiger partial charge in [-0.1, -0.05) is 0 Å². The highest BCUT2D eigenvalue weighted by Gasteiger charge is 2.40. The molecular weight excluding hydrogens is 387 g/mol. The third kappa shape index (κ3) is 13.7. The fourth-order valence-corrected chi connectivity index (χ4v) is 1.15. The van der Waals surface area contributed by atoms with E-state index in [1.165, 1.54) is 0 Å². The molecule has 0 unspecified atom stereocenters. The van der Waals surface area contributed by atoms with Crippen LogP contribution in [0.3, 0.4) is 0 Å². The summed E-state index contributed by atoms with van der Waals surface area (Å²) in [6.07, 6.45) is -5.04. The van der Waals surface area contributed by atoms with Gasteiger partial charge in [0.05, 0.1) is 39.6 Å². The molecule has 7 nitrogen and oxygen atoms in total. The summed E-state index contributed by atoms with van der Waals surface area (Å²) in [5.74, 6) is -4.16. The molecular formula is C12H16ClF5O7. The average Bonchev–Trinajstić information content (AvgIpc) is 2.49. The summed E-state index contributed by atoms with van der Waals surface area (Å²) in [6, 6.07) is 0. The zero-order valence-corrected chi connectivity index (χ0v) is 13.5. The summed E-state index contributed by atoms with van der Waals surface area (Å²) in [6.45, 7) is -0.954. The van der Waals surface area contributed by atoms with Gasteiger partial charge in [0.2, 0.25) is 0 Å². The lowest BCUT2D eigenvalue weighted by Crippen LogP contribution is -2.26. The van der Waals surface area contributed by atoms with E-state index in [1.54, 1.807) is 0 Å². The van der Waals surface area contributed by atoms with Crippen molar-refractivity contribution in [1.82, 2.24) is 0 Å². The summed E-state index contributed by atoms with van der Waals surface area (Å²) in [5, 5.41) is -4.08. The lowest BCUT2D eigenvalue weighted by molar-refractivity contribution is -0.200. The number of hydrogen-bond donors (Lipinski definition) is 0. The van der Waals surface area contributed by atoms with Gasteiger partial charge in [-0.3, -0.25) is 0 Å². The Kier molecular flexibility index (Phi) is 11.6. The quantitative estimate of drug-likeness (QED) is 0.200. The molecule has 0 fully saturated rings. The SMILES string of the molecule is O=C(OCCOCCOCCOCCOC(=O)C(F)(F)Cl)C(F)(F)F. The lowest BCUT2D eigenvalue weighted by Gasteiger charge is -2.09. The van der Waals surface area contributed by atoms with Crippen LogP contribution in [0.25, 0.3) is 0 Å². The molecule has 0 N–H and O–H groups in total. The van der Waals surface area contributed by atoms with Crippen molar-refractivity contribution >= 4 is 23.5 Å². The van der Waals surface area contributed by atoms with Crippen LogP contribution < -0.4 is 0 Å². The van der Waals surface area contributed by atoms with Crippen LogP contribution in [-0.2, 0) is 33.3 Å². The minimum absolute atomic E-state index is 0.0476.